The second kappa shape index (κ2) is 6.30. The van der Waals surface area contributed by atoms with Gasteiger partial charge in [0.05, 0.1) is 7.11 Å². The molecule has 3 rings (SSSR count). The van der Waals surface area contributed by atoms with Gasteiger partial charge in [-0.2, -0.15) is 4.98 Å². The Labute approximate surface area is 128 Å². The fourth-order valence-electron chi connectivity index (χ4n) is 2.05. The minimum absolute atomic E-state index is 0.214. The molecule has 1 heterocycles. The lowest BCUT2D eigenvalue weighted by Gasteiger charge is -2.04. The molecule has 0 radical (unpaired) electrons. The van der Waals surface area contributed by atoms with E-state index in [0.717, 1.165) is 16.9 Å². The number of hydrogen-bond donors (Lipinski definition) is 0. The van der Waals surface area contributed by atoms with E-state index in [4.69, 9.17) is 14.0 Å². The highest BCUT2D eigenvalue weighted by Crippen LogP contribution is 2.21. The summed E-state index contributed by atoms with van der Waals surface area (Å²) in [5.74, 6) is 2.42. The predicted molar refractivity (Wildman–Crippen MR) is 81.8 cm³/mol. The zero-order chi connectivity index (χ0) is 15.4. The van der Waals surface area contributed by atoms with Gasteiger partial charge >= 0.3 is 0 Å². The lowest BCUT2D eigenvalue weighted by molar-refractivity contribution is 0.242. The van der Waals surface area contributed by atoms with Crippen molar-refractivity contribution in [1.82, 2.24) is 10.1 Å². The summed E-state index contributed by atoms with van der Waals surface area (Å²) in [6, 6.07) is 15.3. The van der Waals surface area contributed by atoms with Gasteiger partial charge in [0.25, 0.3) is 5.89 Å². The molecule has 0 saturated heterocycles. The first-order chi connectivity index (χ1) is 10.7. The minimum atomic E-state index is 0.214. The van der Waals surface area contributed by atoms with Crippen LogP contribution < -0.4 is 9.47 Å². The highest BCUT2D eigenvalue weighted by Gasteiger charge is 2.09. The van der Waals surface area contributed by atoms with E-state index in [1.165, 1.54) is 0 Å². The molecule has 3 aromatic rings. The fourth-order valence-corrected chi connectivity index (χ4v) is 2.05. The highest BCUT2D eigenvalue weighted by molar-refractivity contribution is 5.55. The average molecular weight is 296 g/mol. The molecular formula is C17H16N2O3. The lowest BCUT2D eigenvalue weighted by atomic mass is 10.1. The number of aromatic nitrogens is 2. The van der Waals surface area contributed by atoms with Gasteiger partial charge in [-0.25, -0.2) is 0 Å². The van der Waals surface area contributed by atoms with Gasteiger partial charge in [0, 0.05) is 11.6 Å². The zero-order valence-electron chi connectivity index (χ0n) is 12.4. The highest BCUT2D eigenvalue weighted by atomic mass is 16.5. The van der Waals surface area contributed by atoms with Crippen molar-refractivity contribution in [2.24, 2.45) is 0 Å². The molecule has 112 valence electrons. The van der Waals surface area contributed by atoms with Gasteiger partial charge in [0.2, 0.25) is 5.82 Å². The van der Waals surface area contributed by atoms with Gasteiger partial charge in [0.1, 0.15) is 11.5 Å². The van der Waals surface area contributed by atoms with Crippen molar-refractivity contribution in [3.63, 3.8) is 0 Å². The standard InChI is InChI=1S/C17H16N2O3/c1-12-5-3-6-13(9-12)17-18-16(22-19-17)11-21-15-8-4-7-14(10-15)20-2/h3-10H,11H2,1-2H3. The van der Waals surface area contributed by atoms with Crippen LogP contribution in [0.4, 0.5) is 0 Å². The van der Waals surface area contributed by atoms with Crippen molar-refractivity contribution >= 4 is 0 Å². The Balaban J connectivity index is 1.69. The third kappa shape index (κ3) is 3.25. The molecular weight excluding hydrogens is 280 g/mol. The van der Waals surface area contributed by atoms with Gasteiger partial charge in [-0.1, -0.05) is 35.0 Å². The number of aryl methyl sites for hydroxylation is 1. The lowest BCUT2D eigenvalue weighted by Crippen LogP contribution is -1.96. The normalized spacial score (nSPS) is 10.5. The van der Waals surface area contributed by atoms with Crippen LogP contribution in [0.2, 0.25) is 0 Å². The molecule has 0 spiro atoms. The van der Waals surface area contributed by atoms with Gasteiger partial charge < -0.3 is 14.0 Å². The van der Waals surface area contributed by atoms with Crippen molar-refractivity contribution in [2.75, 3.05) is 7.11 Å². The molecule has 0 unspecified atom stereocenters. The molecule has 0 N–H and O–H groups in total. The van der Waals surface area contributed by atoms with Gasteiger partial charge in [-0.05, 0) is 25.1 Å². The van der Waals surface area contributed by atoms with E-state index in [1.807, 2.05) is 49.4 Å². The maximum atomic E-state index is 5.63. The zero-order valence-corrected chi connectivity index (χ0v) is 12.4. The van der Waals surface area contributed by atoms with E-state index < -0.39 is 0 Å². The maximum Gasteiger partial charge on any atom is 0.264 e. The van der Waals surface area contributed by atoms with Crippen LogP contribution in [0.5, 0.6) is 11.5 Å². The third-order valence-electron chi connectivity index (χ3n) is 3.15. The van der Waals surface area contributed by atoms with E-state index in [9.17, 15) is 0 Å². The predicted octanol–water partition coefficient (Wildman–Crippen LogP) is 3.63. The Morgan fingerprint density at radius 1 is 1.05 bits per heavy atom. The second-order valence-corrected chi connectivity index (χ2v) is 4.85. The molecule has 0 atom stereocenters. The Hall–Kier alpha value is -2.82. The number of ether oxygens (including phenoxy) is 2. The van der Waals surface area contributed by atoms with Crippen molar-refractivity contribution in [3.05, 3.63) is 60.0 Å². The van der Waals surface area contributed by atoms with Crippen LogP contribution in [-0.4, -0.2) is 17.3 Å². The third-order valence-corrected chi connectivity index (χ3v) is 3.15. The summed E-state index contributed by atoms with van der Waals surface area (Å²) in [5, 5.41) is 3.98. The molecule has 1 aromatic heterocycles. The fraction of sp³-hybridized carbons (Fsp3) is 0.176. The van der Waals surface area contributed by atoms with Crippen LogP contribution in [0.25, 0.3) is 11.4 Å². The number of rotatable bonds is 5. The summed E-state index contributed by atoms with van der Waals surface area (Å²) < 4.78 is 16.0. The van der Waals surface area contributed by atoms with Crippen LogP contribution in [0.1, 0.15) is 11.5 Å². The molecule has 0 aliphatic carbocycles. The summed E-state index contributed by atoms with van der Waals surface area (Å²) in [6.45, 7) is 2.24. The summed E-state index contributed by atoms with van der Waals surface area (Å²) >= 11 is 0. The average Bonchev–Trinajstić information content (AvgIpc) is 3.02. The van der Waals surface area contributed by atoms with Crippen LogP contribution in [-0.2, 0) is 6.61 Å². The molecule has 0 bridgehead atoms. The monoisotopic (exact) mass is 296 g/mol. The molecule has 0 aliphatic heterocycles. The SMILES string of the molecule is COc1cccc(OCc2nc(-c3cccc(C)c3)no2)c1. The topological polar surface area (TPSA) is 57.4 Å². The number of benzene rings is 2. The first kappa shape index (κ1) is 14.1. The van der Waals surface area contributed by atoms with Crippen molar-refractivity contribution in [1.29, 1.82) is 0 Å². The molecule has 22 heavy (non-hydrogen) atoms. The first-order valence-corrected chi connectivity index (χ1v) is 6.91. The Morgan fingerprint density at radius 3 is 2.68 bits per heavy atom. The molecule has 0 amide bonds. The van der Waals surface area contributed by atoms with E-state index in [-0.39, 0.29) is 6.61 Å². The van der Waals surface area contributed by atoms with Crippen LogP contribution in [0, 0.1) is 6.92 Å². The Kier molecular flexibility index (Phi) is 4.05. The largest absolute Gasteiger partial charge is 0.497 e. The van der Waals surface area contributed by atoms with E-state index >= 15 is 0 Å². The molecule has 5 heteroatoms. The van der Waals surface area contributed by atoms with Gasteiger partial charge in [-0.3, -0.25) is 0 Å². The van der Waals surface area contributed by atoms with E-state index in [1.54, 1.807) is 13.2 Å². The second-order valence-electron chi connectivity index (χ2n) is 4.85. The molecule has 0 saturated carbocycles. The van der Waals surface area contributed by atoms with Gasteiger partial charge in [0.15, 0.2) is 6.61 Å². The first-order valence-electron chi connectivity index (χ1n) is 6.91. The maximum absolute atomic E-state index is 5.63. The van der Waals surface area contributed by atoms with Crippen molar-refractivity contribution < 1.29 is 14.0 Å². The number of hydrogen-bond acceptors (Lipinski definition) is 5. The number of methoxy groups -OCH3 is 1. The van der Waals surface area contributed by atoms with Crippen LogP contribution in [0.3, 0.4) is 0 Å². The number of nitrogens with zero attached hydrogens (tertiary/aromatic N) is 2. The summed E-state index contributed by atoms with van der Waals surface area (Å²) in [5.41, 5.74) is 2.08. The van der Waals surface area contributed by atoms with Gasteiger partial charge in [-0.15, -0.1) is 0 Å². The molecule has 0 fully saturated rings. The van der Waals surface area contributed by atoms with E-state index in [2.05, 4.69) is 10.1 Å². The minimum Gasteiger partial charge on any atom is -0.497 e. The summed E-state index contributed by atoms with van der Waals surface area (Å²) in [7, 11) is 1.62. The molecule has 0 aliphatic rings. The molecule has 2 aromatic carbocycles. The van der Waals surface area contributed by atoms with Crippen LogP contribution >= 0.6 is 0 Å². The van der Waals surface area contributed by atoms with E-state index in [0.29, 0.717) is 17.5 Å². The molecule has 5 nitrogen and oxygen atoms in total. The van der Waals surface area contributed by atoms with Crippen molar-refractivity contribution in [3.8, 4) is 22.9 Å². The quantitative estimate of drug-likeness (QED) is 0.719. The smallest absolute Gasteiger partial charge is 0.264 e. The summed E-state index contributed by atoms with van der Waals surface area (Å²) in [6.07, 6.45) is 0. The summed E-state index contributed by atoms with van der Waals surface area (Å²) in [4.78, 5) is 4.35. The Bertz CT molecular complexity index is 768. The Morgan fingerprint density at radius 2 is 1.86 bits per heavy atom. The van der Waals surface area contributed by atoms with Crippen molar-refractivity contribution in [2.45, 2.75) is 13.5 Å². The van der Waals surface area contributed by atoms with Crippen LogP contribution in [0.15, 0.2) is 53.1 Å².